The maximum absolute atomic E-state index is 13.6. The second kappa shape index (κ2) is 7.25. The van der Waals surface area contributed by atoms with Gasteiger partial charge in [-0.15, -0.1) is 0 Å². The number of anilines is 1. The van der Waals surface area contributed by atoms with E-state index < -0.39 is 6.10 Å². The van der Waals surface area contributed by atoms with Crippen molar-refractivity contribution >= 4 is 28.1 Å². The van der Waals surface area contributed by atoms with Crippen LogP contribution in [-0.2, 0) is 6.42 Å². The number of fused-ring (bicyclic) bond motifs is 4. The second-order valence-electron chi connectivity index (χ2n) is 9.06. The van der Waals surface area contributed by atoms with Crippen LogP contribution >= 0.6 is 0 Å². The molecular weight excluding hydrogens is 423 g/mol. The van der Waals surface area contributed by atoms with E-state index in [1.165, 1.54) is 12.1 Å². The lowest BCUT2D eigenvalue weighted by Gasteiger charge is -2.20. The van der Waals surface area contributed by atoms with E-state index >= 15 is 0 Å². The highest BCUT2D eigenvalue weighted by atomic mass is 19.1. The molecule has 2 N–H and O–H groups in total. The van der Waals surface area contributed by atoms with Gasteiger partial charge in [-0.1, -0.05) is 6.42 Å². The van der Waals surface area contributed by atoms with Crippen LogP contribution in [-0.4, -0.2) is 38.0 Å². The van der Waals surface area contributed by atoms with Crippen LogP contribution in [0.2, 0.25) is 0 Å². The van der Waals surface area contributed by atoms with Gasteiger partial charge in [-0.2, -0.15) is 0 Å². The molecule has 0 unspecified atom stereocenters. The van der Waals surface area contributed by atoms with E-state index in [9.17, 15) is 19.1 Å². The number of aromatic nitrogens is 3. The molecule has 3 heterocycles. The first kappa shape index (κ1) is 20.1. The number of aliphatic hydroxyl groups is 1. The molecule has 7 nitrogen and oxygen atoms in total. The summed E-state index contributed by atoms with van der Waals surface area (Å²) in [6, 6.07) is 8.08. The Bertz CT molecular complexity index is 1510. The van der Waals surface area contributed by atoms with Gasteiger partial charge < -0.3 is 15.0 Å². The number of aliphatic hydroxyl groups excluding tert-OH is 1. The average Bonchev–Trinajstić information content (AvgIpc) is 3.51. The number of carbonyl (C=O) groups excluding carboxylic acids is 1. The summed E-state index contributed by atoms with van der Waals surface area (Å²) in [5, 5.41) is 10.4. The van der Waals surface area contributed by atoms with Crippen molar-refractivity contribution in [2.24, 2.45) is 0 Å². The van der Waals surface area contributed by atoms with Gasteiger partial charge in [-0.3, -0.25) is 14.0 Å². The van der Waals surface area contributed by atoms with Crippen LogP contribution in [0, 0.1) is 12.7 Å². The quantitative estimate of drug-likeness (QED) is 0.494. The minimum atomic E-state index is -0.480. The van der Waals surface area contributed by atoms with Crippen LogP contribution in [0.15, 0.2) is 41.3 Å². The molecule has 6 rings (SSSR count). The Kier molecular flexibility index (Phi) is 4.42. The number of H-pyrrole nitrogens is 1. The zero-order chi connectivity index (χ0) is 22.9. The fourth-order valence-corrected chi connectivity index (χ4v) is 5.40. The van der Waals surface area contributed by atoms with Crippen molar-refractivity contribution in [2.45, 2.75) is 44.6 Å². The zero-order valence-corrected chi connectivity index (χ0v) is 18.1. The Labute approximate surface area is 188 Å². The van der Waals surface area contributed by atoms with Crippen molar-refractivity contribution in [2.75, 3.05) is 11.4 Å². The molecule has 8 heteroatoms. The van der Waals surface area contributed by atoms with Gasteiger partial charge in [0.15, 0.2) is 0 Å². The largest absolute Gasteiger partial charge is 0.392 e. The van der Waals surface area contributed by atoms with Gasteiger partial charge in [0.1, 0.15) is 17.2 Å². The SMILES string of the molecule is Cc1cc2c(cc1C(=O)N1CCc3cc(F)ccc31)[nH]c(=O)c1cnc([C@@H]3CCC[C@@H]3O)n12. The van der Waals surface area contributed by atoms with Crippen molar-refractivity contribution < 1.29 is 14.3 Å². The standard InChI is InChI=1S/C25H23FN4O3/c1-13-9-20-18(11-17(13)25(33)29-8-7-14-10-15(26)5-6-19(14)29)28-24(32)21-12-27-23(30(20)21)16-3-2-4-22(16)31/h5-6,9-12,16,22,31H,2-4,7-8H2,1H3,(H,28,32)/t16-,22+/m1/s1. The number of aromatic amines is 1. The van der Waals surface area contributed by atoms with E-state index in [0.29, 0.717) is 35.4 Å². The third kappa shape index (κ3) is 3.01. The van der Waals surface area contributed by atoms with Gasteiger partial charge in [-0.05, 0) is 67.6 Å². The van der Waals surface area contributed by atoms with E-state index in [-0.39, 0.29) is 23.2 Å². The monoisotopic (exact) mass is 446 g/mol. The highest BCUT2D eigenvalue weighted by Gasteiger charge is 2.31. The van der Waals surface area contributed by atoms with Gasteiger partial charge in [-0.25, -0.2) is 9.37 Å². The van der Waals surface area contributed by atoms with Gasteiger partial charge in [0, 0.05) is 23.7 Å². The molecule has 1 amide bonds. The molecule has 0 spiro atoms. The number of halogens is 1. The van der Waals surface area contributed by atoms with Crippen LogP contribution < -0.4 is 10.5 Å². The van der Waals surface area contributed by atoms with E-state index in [2.05, 4.69) is 9.97 Å². The molecule has 0 bridgehead atoms. The van der Waals surface area contributed by atoms with Crippen LogP contribution in [0.4, 0.5) is 10.1 Å². The fraction of sp³-hybridized carbons (Fsp3) is 0.320. The lowest BCUT2D eigenvalue weighted by atomic mass is 10.0. The molecule has 1 aliphatic carbocycles. The van der Waals surface area contributed by atoms with Crippen molar-refractivity contribution in [3.8, 4) is 0 Å². The van der Waals surface area contributed by atoms with Crippen LogP contribution in [0.25, 0.3) is 16.6 Å². The highest BCUT2D eigenvalue weighted by molar-refractivity contribution is 6.09. The van der Waals surface area contributed by atoms with Gasteiger partial charge in [0.2, 0.25) is 0 Å². The first-order valence-electron chi connectivity index (χ1n) is 11.2. The Morgan fingerprint density at radius 1 is 1.21 bits per heavy atom. The fourth-order valence-electron chi connectivity index (χ4n) is 5.40. The summed E-state index contributed by atoms with van der Waals surface area (Å²) in [7, 11) is 0. The Hall–Kier alpha value is -3.52. The summed E-state index contributed by atoms with van der Waals surface area (Å²) in [5.74, 6) is 0.0634. The number of hydrogen-bond acceptors (Lipinski definition) is 4. The first-order chi connectivity index (χ1) is 15.9. The first-order valence-corrected chi connectivity index (χ1v) is 11.2. The normalized spacial score (nSPS) is 20.2. The minimum Gasteiger partial charge on any atom is -0.392 e. The number of imidazole rings is 1. The summed E-state index contributed by atoms with van der Waals surface area (Å²) in [5.41, 5.74) is 4.19. The summed E-state index contributed by atoms with van der Waals surface area (Å²) in [4.78, 5) is 35.3. The molecule has 2 aromatic heterocycles. The Morgan fingerprint density at radius 2 is 2.06 bits per heavy atom. The zero-order valence-electron chi connectivity index (χ0n) is 18.1. The molecular formula is C25H23FN4O3. The molecule has 33 heavy (non-hydrogen) atoms. The van der Waals surface area contributed by atoms with Crippen LogP contribution in [0.1, 0.15) is 52.5 Å². The lowest BCUT2D eigenvalue weighted by molar-refractivity contribution is 0.0989. The summed E-state index contributed by atoms with van der Waals surface area (Å²) in [6.45, 7) is 2.35. The van der Waals surface area contributed by atoms with E-state index in [1.807, 2.05) is 17.4 Å². The Balaban J connectivity index is 1.49. The molecule has 168 valence electrons. The number of nitrogens with one attached hydrogen (secondary N) is 1. The lowest BCUT2D eigenvalue weighted by Crippen LogP contribution is -2.29. The number of hydrogen-bond donors (Lipinski definition) is 2. The number of aryl methyl sites for hydroxylation is 1. The third-order valence-electron chi connectivity index (χ3n) is 7.08. The molecule has 2 aromatic carbocycles. The van der Waals surface area contributed by atoms with Crippen LogP contribution in [0.5, 0.6) is 0 Å². The number of amides is 1. The van der Waals surface area contributed by atoms with Gasteiger partial charge >= 0.3 is 0 Å². The molecule has 2 aliphatic rings. The minimum absolute atomic E-state index is 0.124. The average molecular weight is 446 g/mol. The smallest absolute Gasteiger partial charge is 0.274 e. The van der Waals surface area contributed by atoms with Crippen LogP contribution in [0.3, 0.4) is 0 Å². The predicted octanol–water partition coefficient (Wildman–Crippen LogP) is 3.45. The molecule has 1 fully saturated rings. The van der Waals surface area contributed by atoms with Crippen molar-refractivity contribution in [3.63, 3.8) is 0 Å². The van der Waals surface area contributed by atoms with E-state index in [4.69, 9.17) is 0 Å². The summed E-state index contributed by atoms with van der Waals surface area (Å²) in [6.07, 6.45) is 4.13. The summed E-state index contributed by atoms with van der Waals surface area (Å²) < 4.78 is 15.4. The third-order valence-corrected chi connectivity index (χ3v) is 7.08. The summed E-state index contributed by atoms with van der Waals surface area (Å²) >= 11 is 0. The molecule has 1 aliphatic heterocycles. The highest BCUT2D eigenvalue weighted by Crippen LogP contribution is 2.35. The van der Waals surface area contributed by atoms with E-state index in [0.717, 1.165) is 41.6 Å². The molecule has 0 radical (unpaired) electrons. The Morgan fingerprint density at radius 3 is 2.85 bits per heavy atom. The molecule has 4 aromatic rings. The maximum atomic E-state index is 13.6. The number of rotatable bonds is 2. The number of carbonyl (C=O) groups is 1. The predicted molar refractivity (Wildman–Crippen MR) is 122 cm³/mol. The maximum Gasteiger partial charge on any atom is 0.274 e. The topological polar surface area (TPSA) is 90.7 Å². The molecule has 0 saturated heterocycles. The van der Waals surface area contributed by atoms with Gasteiger partial charge in [0.25, 0.3) is 11.5 Å². The molecule has 2 atom stereocenters. The van der Waals surface area contributed by atoms with Crippen molar-refractivity contribution in [3.05, 3.63) is 75.2 Å². The van der Waals surface area contributed by atoms with E-state index in [1.54, 1.807) is 23.2 Å². The van der Waals surface area contributed by atoms with Crippen molar-refractivity contribution in [1.82, 2.24) is 14.4 Å². The second-order valence-corrected chi connectivity index (χ2v) is 9.06. The number of nitrogens with zero attached hydrogens (tertiary/aromatic N) is 3. The number of benzene rings is 2. The molecule has 1 saturated carbocycles. The van der Waals surface area contributed by atoms with Gasteiger partial charge in [0.05, 0.1) is 23.3 Å². The van der Waals surface area contributed by atoms with Crippen molar-refractivity contribution in [1.29, 1.82) is 0 Å².